The van der Waals surface area contributed by atoms with Crippen LogP contribution in [0.5, 0.6) is 0 Å². The summed E-state index contributed by atoms with van der Waals surface area (Å²) in [6.07, 6.45) is 5.86. The topological polar surface area (TPSA) is 54.0 Å². The smallest absolute Gasteiger partial charge is 0.226 e. The number of nitrogens with one attached hydrogen (secondary N) is 2. The molecule has 2 rings (SSSR count). The Kier molecular flexibility index (Phi) is 7.48. The second kappa shape index (κ2) is 8.60. The van der Waals surface area contributed by atoms with Gasteiger partial charge in [-0.25, -0.2) is 4.98 Å². The van der Waals surface area contributed by atoms with Gasteiger partial charge in [0, 0.05) is 17.5 Å². The number of amides is 1. The highest BCUT2D eigenvalue weighted by molar-refractivity contribution is 7.15. The van der Waals surface area contributed by atoms with Crippen LogP contribution in [0.4, 0.5) is 5.13 Å². The van der Waals surface area contributed by atoms with E-state index < -0.39 is 0 Å². The Morgan fingerprint density at radius 3 is 2.80 bits per heavy atom. The number of aromatic nitrogens is 1. The highest BCUT2D eigenvalue weighted by Gasteiger charge is 2.15. The zero-order valence-electron chi connectivity index (χ0n) is 12.1. The number of hydrogen-bond donors (Lipinski definition) is 2. The summed E-state index contributed by atoms with van der Waals surface area (Å²) in [6, 6.07) is 0. The fraction of sp³-hybridized carbons (Fsp3) is 0.714. The third kappa shape index (κ3) is 5.38. The molecule has 0 aromatic carbocycles. The van der Waals surface area contributed by atoms with Crippen molar-refractivity contribution in [1.82, 2.24) is 10.3 Å². The van der Waals surface area contributed by atoms with Gasteiger partial charge < -0.3 is 10.6 Å². The van der Waals surface area contributed by atoms with Gasteiger partial charge in [0.05, 0.1) is 0 Å². The lowest BCUT2D eigenvalue weighted by Crippen LogP contribution is -2.28. The minimum absolute atomic E-state index is 0. The summed E-state index contributed by atoms with van der Waals surface area (Å²) in [5.41, 5.74) is 0. The molecule has 1 aromatic heterocycles. The molecular weight excluding hydrogens is 294 g/mol. The molecule has 0 spiro atoms. The first-order valence-corrected chi connectivity index (χ1v) is 7.93. The van der Waals surface area contributed by atoms with Crippen LogP contribution in [0.2, 0.25) is 0 Å². The Bertz CT molecular complexity index is 416. The Morgan fingerprint density at radius 1 is 1.50 bits per heavy atom. The van der Waals surface area contributed by atoms with Gasteiger partial charge in [-0.1, -0.05) is 13.8 Å². The number of anilines is 1. The van der Waals surface area contributed by atoms with Gasteiger partial charge in [-0.15, -0.1) is 23.7 Å². The van der Waals surface area contributed by atoms with Crippen LogP contribution in [0.25, 0.3) is 0 Å². The maximum Gasteiger partial charge on any atom is 0.226 e. The lowest BCUT2D eigenvalue weighted by molar-refractivity contribution is -0.116. The highest BCUT2D eigenvalue weighted by atomic mass is 35.5. The van der Waals surface area contributed by atoms with Crippen molar-refractivity contribution in [1.29, 1.82) is 0 Å². The summed E-state index contributed by atoms with van der Waals surface area (Å²) in [5.74, 6) is 1.27. The van der Waals surface area contributed by atoms with Crippen molar-refractivity contribution >= 4 is 34.8 Å². The van der Waals surface area contributed by atoms with Crippen molar-refractivity contribution in [2.75, 3.05) is 18.4 Å². The first-order chi connectivity index (χ1) is 9.15. The van der Waals surface area contributed by atoms with Crippen LogP contribution in [0.1, 0.15) is 50.3 Å². The van der Waals surface area contributed by atoms with Gasteiger partial charge in [-0.2, -0.15) is 0 Å². The maximum atomic E-state index is 11.9. The van der Waals surface area contributed by atoms with E-state index in [9.17, 15) is 4.79 Å². The van der Waals surface area contributed by atoms with Gasteiger partial charge >= 0.3 is 0 Å². The maximum absolute atomic E-state index is 11.9. The molecular formula is C14H24ClN3OS. The van der Waals surface area contributed by atoms with E-state index in [1.54, 1.807) is 11.3 Å². The predicted octanol–water partition coefficient (Wildman–Crippen LogP) is 3.41. The molecule has 0 atom stereocenters. The van der Waals surface area contributed by atoms with E-state index in [2.05, 4.69) is 29.5 Å². The Labute approximate surface area is 131 Å². The van der Waals surface area contributed by atoms with E-state index in [4.69, 9.17) is 0 Å². The molecule has 0 saturated carbocycles. The monoisotopic (exact) mass is 317 g/mol. The number of thiazole rings is 1. The lowest BCUT2D eigenvalue weighted by atomic mass is 9.93. The van der Waals surface area contributed by atoms with Crippen LogP contribution in [-0.4, -0.2) is 24.0 Å². The summed E-state index contributed by atoms with van der Waals surface area (Å²) in [6.45, 7) is 6.46. The Hall–Kier alpha value is -0.650. The number of hydrogen-bond acceptors (Lipinski definition) is 4. The van der Waals surface area contributed by atoms with Crippen molar-refractivity contribution in [2.24, 2.45) is 5.92 Å². The first kappa shape index (κ1) is 17.4. The van der Waals surface area contributed by atoms with Crippen molar-refractivity contribution in [3.63, 3.8) is 0 Å². The first-order valence-electron chi connectivity index (χ1n) is 7.11. The normalized spacial score (nSPS) is 15.9. The average Bonchev–Trinajstić information content (AvgIpc) is 2.86. The minimum atomic E-state index is 0. The van der Waals surface area contributed by atoms with Gasteiger partial charge in [0.2, 0.25) is 5.91 Å². The van der Waals surface area contributed by atoms with Gasteiger partial charge in [0.1, 0.15) is 0 Å². The fourth-order valence-corrected chi connectivity index (χ4v) is 3.13. The summed E-state index contributed by atoms with van der Waals surface area (Å²) in [5, 5.41) is 6.99. The molecule has 1 amide bonds. The Morgan fingerprint density at radius 2 is 2.20 bits per heavy atom. The van der Waals surface area contributed by atoms with Crippen LogP contribution in [0.15, 0.2) is 6.20 Å². The molecule has 0 aliphatic carbocycles. The van der Waals surface area contributed by atoms with E-state index in [1.165, 1.54) is 17.7 Å². The molecule has 1 fully saturated rings. The van der Waals surface area contributed by atoms with Crippen molar-refractivity contribution in [2.45, 2.75) is 45.4 Å². The summed E-state index contributed by atoms with van der Waals surface area (Å²) < 4.78 is 0. The van der Waals surface area contributed by atoms with Crippen LogP contribution in [-0.2, 0) is 4.79 Å². The second-order valence-corrected chi connectivity index (χ2v) is 6.56. The molecule has 6 heteroatoms. The number of nitrogens with zero attached hydrogens (tertiary/aromatic N) is 1. The number of carbonyl (C=O) groups excluding carboxylic acids is 1. The zero-order valence-corrected chi connectivity index (χ0v) is 13.8. The van der Waals surface area contributed by atoms with Crippen LogP contribution >= 0.6 is 23.7 Å². The molecule has 0 bridgehead atoms. The number of halogens is 1. The summed E-state index contributed by atoms with van der Waals surface area (Å²) in [4.78, 5) is 17.3. The van der Waals surface area contributed by atoms with Crippen molar-refractivity contribution in [3.05, 3.63) is 11.1 Å². The SMILES string of the molecule is CC(C)c1cnc(NC(=O)CCC2CCNCC2)s1.Cl. The van der Waals surface area contributed by atoms with Gasteiger partial charge in [0.15, 0.2) is 5.13 Å². The molecule has 1 aromatic rings. The number of piperidine rings is 1. The van der Waals surface area contributed by atoms with Crippen molar-refractivity contribution < 1.29 is 4.79 Å². The zero-order chi connectivity index (χ0) is 13.7. The lowest BCUT2D eigenvalue weighted by Gasteiger charge is -2.21. The van der Waals surface area contributed by atoms with Crippen LogP contribution < -0.4 is 10.6 Å². The molecule has 1 aliphatic heterocycles. The molecule has 20 heavy (non-hydrogen) atoms. The summed E-state index contributed by atoms with van der Waals surface area (Å²) in [7, 11) is 0. The molecule has 0 radical (unpaired) electrons. The quantitative estimate of drug-likeness (QED) is 0.875. The van der Waals surface area contributed by atoms with Crippen LogP contribution in [0.3, 0.4) is 0 Å². The molecule has 4 nitrogen and oxygen atoms in total. The van der Waals surface area contributed by atoms with E-state index in [-0.39, 0.29) is 18.3 Å². The molecule has 0 unspecified atom stereocenters. The van der Waals surface area contributed by atoms with Gasteiger partial charge in [0.25, 0.3) is 0 Å². The van der Waals surface area contributed by atoms with Crippen molar-refractivity contribution in [3.8, 4) is 0 Å². The van der Waals surface area contributed by atoms with Crippen LogP contribution in [0, 0.1) is 5.92 Å². The van der Waals surface area contributed by atoms with Gasteiger partial charge in [-0.3, -0.25) is 4.79 Å². The van der Waals surface area contributed by atoms with E-state index in [1.807, 2.05) is 6.20 Å². The minimum Gasteiger partial charge on any atom is -0.317 e. The highest BCUT2D eigenvalue weighted by Crippen LogP contribution is 2.25. The molecule has 1 saturated heterocycles. The van der Waals surface area contributed by atoms with E-state index in [0.29, 0.717) is 18.3 Å². The fourth-order valence-electron chi connectivity index (χ4n) is 2.30. The van der Waals surface area contributed by atoms with E-state index in [0.717, 1.165) is 24.6 Å². The third-order valence-corrected chi connectivity index (χ3v) is 4.79. The predicted molar refractivity (Wildman–Crippen MR) is 86.9 cm³/mol. The molecule has 114 valence electrons. The third-order valence-electron chi connectivity index (χ3n) is 3.58. The second-order valence-electron chi connectivity index (χ2n) is 5.50. The Balaban J connectivity index is 0.00000200. The van der Waals surface area contributed by atoms with Gasteiger partial charge in [-0.05, 0) is 44.2 Å². The number of carbonyl (C=O) groups is 1. The van der Waals surface area contributed by atoms with E-state index >= 15 is 0 Å². The summed E-state index contributed by atoms with van der Waals surface area (Å²) >= 11 is 1.58. The number of rotatable bonds is 5. The average molecular weight is 318 g/mol. The largest absolute Gasteiger partial charge is 0.317 e. The standard InChI is InChI=1S/C14H23N3OS.ClH/c1-10(2)12-9-16-14(19-12)17-13(18)4-3-11-5-7-15-8-6-11;/h9-11,15H,3-8H2,1-2H3,(H,16,17,18);1H. The molecule has 1 aliphatic rings. The molecule has 2 N–H and O–H groups in total. The molecule has 2 heterocycles.